The lowest BCUT2D eigenvalue weighted by Gasteiger charge is -2.21. The first-order valence-corrected chi connectivity index (χ1v) is 10.7. The van der Waals surface area contributed by atoms with Crippen LogP contribution in [0.15, 0.2) is 97.1 Å². The molecule has 1 nitrogen and oxygen atoms in total. The van der Waals surface area contributed by atoms with Gasteiger partial charge in [-0.05, 0) is 30.2 Å². The maximum atomic E-state index is 2.49. The molecule has 1 aromatic heterocycles. The Hall–Kier alpha value is -3.19. The molecule has 0 fully saturated rings. The predicted molar refractivity (Wildman–Crippen MR) is 126 cm³/mol. The molecule has 4 rings (SSSR count). The lowest BCUT2D eigenvalue weighted by molar-refractivity contribution is -0.688. The van der Waals surface area contributed by atoms with Crippen LogP contribution < -0.4 is 4.57 Å². The second-order valence-corrected chi connectivity index (χ2v) is 9.07. The Kier molecular flexibility index (Phi) is 5.55. The molecule has 0 aliphatic carbocycles. The smallest absolute Gasteiger partial charge is 0.191 e. The maximum Gasteiger partial charge on any atom is 0.213 e. The van der Waals surface area contributed by atoms with Crippen LogP contribution in [0.2, 0.25) is 0 Å². The number of benzene rings is 3. The van der Waals surface area contributed by atoms with Crippen molar-refractivity contribution in [3.8, 4) is 22.4 Å². The highest BCUT2D eigenvalue weighted by Crippen LogP contribution is 2.30. The van der Waals surface area contributed by atoms with Crippen molar-refractivity contribution < 1.29 is 4.57 Å². The molecule has 0 N–H and O–H groups in total. The molecule has 30 heavy (non-hydrogen) atoms. The van der Waals surface area contributed by atoms with Crippen molar-refractivity contribution in [1.82, 2.24) is 0 Å². The summed E-state index contributed by atoms with van der Waals surface area (Å²) in [5, 5.41) is 0. The minimum absolute atomic E-state index is 0.0129. The first-order chi connectivity index (χ1) is 14.4. The van der Waals surface area contributed by atoms with Crippen LogP contribution in [-0.2, 0) is 12.0 Å². The third-order valence-electron chi connectivity index (χ3n) is 5.57. The molecule has 150 valence electrons. The monoisotopic (exact) mass is 392 g/mol. The Morgan fingerprint density at radius 2 is 1.20 bits per heavy atom. The van der Waals surface area contributed by atoms with Gasteiger partial charge in [-0.3, -0.25) is 0 Å². The van der Waals surface area contributed by atoms with Gasteiger partial charge in [0, 0.05) is 28.7 Å². The van der Waals surface area contributed by atoms with E-state index in [1.807, 2.05) is 0 Å². The molecule has 1 heterocycles. The molecule has 0 amide bonds. The molecule has 0 bridgehead atoms. The summed E-state index contributed by atoms with van der Waals surface area (Å²) in [7, 11) is 0. The highest BCUT2D eigenvalue weighted by atomic mass is 15.0. The van der Waals surface area contributed by atoms with Gasteiger partial charge in [0.25, 0.3) is 0 Å². The summed E-state index contributed by atoms with van der Waals surface area (Å²) in [5.74, 6) is 0. The molecular formula is C29H30N+. The second-order valence-electron chi connectivity index (χ2n) is 9.07. The Labute approximate surface area is 180 Å². The zero-order chi connectivity index (χ0) is 21.1. The first-order valence-electron chi connectivity index (χ1n) is 10.7. The number of hydrogen-bond acceptors (Lipinski definition) is 0. The molecular weight excluding hydrogens is 362 g/mol. The third kappa shape index (κ3) is 4.36. The summed E-state index contributed by atoms with van der Waals surface area (Å²) in [4.78, 5) is 0. The molecule has 0 saturated carbocycles. The van der Waals surface area contributed by atoms with Crippen molar-refractivity contribution in [2.75, 3.05) is 0 Å². The fourth-order valence-electron chi connectivity index (χ4n) is 3.94. The standard InChI is InChI=1S/C29H30N/c1-22-15-17-23(18-16-22)21-30-27(25-13-9-6-10-14-25)19-26(20-28(30)29(2,3)4)24-11-7-5-8-12-24/h5-20H,21H2,1-4H3/q+1. The molecule has 4 aromatic rings. The van der Waals surface area contributed by atoms with Gasteiger partial charge in [0.15, 0.2) is 12.2 Å². The van der Waals surface area contributed by atoms with Gasteiger partial charge in [0.1, 0.15) is 0 Å². The summed E-state index contributed by atoms with van der Waals surface area (Å²) in [6.45, 7) is 9.90. The van der Waals surface area contributed by atoms with Gasteiger partial charge in [0.05, 0.1) is 0 Å². The Balaban J connectivity index is 1.97. The zero-order valence-electron chi connectivity index (χ0n) is 18.4. The molecule has 0 saturated heterocycles. The first kappa shape index (κ1) is 20.1. The van der Waals surface area contributed by atoms with Crippen molar-refractivity contribution >= 4 is 0 Å². The number of aryl methyl sites for hydroxylation is 1. The minimum Gasteiger partial charge on any atom is -0.191 e. The van der Waals surface area contributed by atoms with Gasteiger partial charge in [-0.25, -0.2) is 0 Å². The molecule has 0 unspecified atom stereocenters. The van der Waals surface area contributed by atoms with Gasteiger partial charge in [0.2, 0.25) is 5.69 Å². The van der Waals surface area contributed by atoms with Crippen molar-refractivity contribution in [2.45, 2.75) is 39.7 Å². The number of pyridine rings is 1. The molecule has 3 aromatic carbocycles. The number of aromatic nitrogens is 1. The van der Waals surface area contributed by atoms with Crippen LogP contribution in [-0.4, -0.2) is 0 Å². The maximum absolute atomic E-state index is 2.49. The number of rotatable bonds is 4. The van der Waals surface area contributed by atoms with E-state index in [1.54, 1.807) is 0 Å². The van der Waals surface area contributed by atoms with Crippen LogP contribution in [0, 0.1) is 6.92 Å². The van der Waals surface area contributed by atoms with Gasteiger partial charge in [-0.1, -0.05) is 99.1 Å². The third-order valence-corrected chi connectivity index (χ3v) is 5.57. The van der Waals surface area contributed by atoms with Crippen molar-refractivity contribution in [3.63, 3.8) is 0 Å². The van der Waals surface area contributed by atoms with Crippen LogP contribution in [0.1, 0.15) is 37.6 Å². The Bertz CT molecular complexity index is 1120. The van der Waals surface area contributed by atoms with Crippen LogP contribution >= 0.6 is 0 Å². The van der Waals surface area contributed by atoms with E-state index >= 15 is 0 Å². The van der Waals surface area contributed by atoms with Crippen LogP contribution in [0.25, 0.3) is 22.4 Å². The zero-order valence-corrected chi connectivity index (χ0v) is 18.4. The molecule has 0 aliphatic rings. The van der Waals surface area contributed by atoms with Crippen molar-refractivity contribution in [1.29, 1.82) is 0 Å². The largest absolute Gasteiger partial charge is 0.213 e. The topological polar surface area (TPSA) is 3.88 Å². The number of hydrogen-bond donors (Lipinski definition) is 0. The number of nitrogens with zero attached hydrogens (tertiary/aromatic N) is 1. The lowest BCUT2D eigenvalue weighted by atomic mass is 9.88. The van der Waals surface area contributed by atoms with Gasteiger partial charge in [-0.2, -0.15) is 4.57 Å². The van der Waals surface area contributed by atoms with Gasteiger partial charge >= 0.3 is 0 Å². The van der Waals surface area contributed by atoms with E-state index in [-0.39, 0.29) is 5.41 Å². The van der Waals surface area contributed by atoms with E-state index in [1.165, 1.54) is 39.2 Å². The quantitative estimate of drug-likeness (QED) is 0.330. The van der Waals surface area contributed by atoms with Crippen LogP contribution in [0.3, 0.4) is 0 Å². The van der Waals surface area contributed by atoms with E-state index in [4.69, 9.17) is 0 Å². The summed E-state index contributed by atoms with van der Waals surface area (Å²) < 4.78 is 2.49. The Morgan fingerprint density at radius 3 is 1.77 bits per heavy atom. The molecule has 0 aliphatic heterocycles. The Morgan fingerprint density at radius 1 is 0.633 bits per heavy atom. The average Bonchev–Trinajstić information content (AvgIpc) is 2.76. The molecule has 0 atom stereocenters. The predicted octanol–water partition coefficient (Wildman–Crippen LogP) is 6.96. The fraction of sp³-hybridized carbons (Fsp3) is 0.207. The molecule has 0 radical (unpaired) electrons. The van der Waals surface area contributed by atoms with E-state index in [2.05, 4.69) is 129 Å². The van der Waals surface area contributed by atoms with Crippen molar-refractivity contribution in [3.05, 3.63) is 114 Å². The van der Waals surface area contributed by atoms with Crippen LogP contribution in [0.5, 0.6) is 0 Å². The second kappa shape index (κ2) is 8.28. The van der Waals surface area contributed by atoms with E-state index in [9.17, 15) is 0 Å². The summed E-state index contributed by atoms with van der Waals surface area (Å²) in [6.07, 6.45) is 0. The lowest BCUT2D eigenvalue weighted by Crippen LogP contribution is -2.45. The molecule has 1 heteroatoms. The van der Waals surface area contributed by atoms with E-state index in [0.717, 1.165) is 6.54 Å². The van der Waals surface area contributed by atoms with Gasteiger partial charge < -0.3 is 0 Å². The fourth-order valence-corrected chi connectivity index (χ4v) is 3.94. The summed E-state index contributed by atoms with van der Waals surface area (Å²) in [6, 6.07) is 35.0. The summed E-state index contributed by atoms with van der Waals surface area (Å²) >= 11 is 0. The highest BCUT2D eigenvalue weighted by molar-refractivity contribution is 5.69. The minimum atomic E-state index is 0.0129. The highest BCUT2D eigenvalue weighted by Gasteiger charge is 2.30. The summed E-state index contributed by atoms with van der Waals surface area (Å²) in [5.41, 5.74) is 8.98. The molecule has 0 spiro atoms. The normalized spacial score (nSPS) is 11.5. The SMILES string of the molecule is Cc1ccc(C[n+]2c(-c3ccccc3)cc(-c3ccccc3)cc2C(C)(C)C)cc1. The van der Waals surface area contributed by atoms with Crippen LogP contribution in [0.4, 0.5) is 0 Å². The van der Waals surface area contributed by atoms with Crippen molar-refractivity contribution in [2.24, 2.45) is 0 Å². The van der Waals surface area contributed by atoms with Gasteiger partial charge in [-0.15, -0.1) is 0 Å². The van der Waals surface area contributed by atoms with E-state index < -0.39 is 0 Å². The average molecular weight is 393 g/mol. The van der Waals surface area contributed by atoms with E-state index in [0.29, 0.717) is 0 Å².